The van der Waals surface area contributed by atoms with Gasteiger partial charge in [-0.05, 0) is 37.3 Å². The zero-order valence-electron chi connectivity index (χ0n) is 9.99. The highest BCUT2D eigenvalue weighted by Crippen LogP contribution is 2.33. The van der Waals surface area contributed by atoms with Crippen LogP contribution in [0.5, 0.6) is 0 Å². The molecule has 0 aliphatic heterocycles. The molecule has 1 fully saturated rings. The van der Waals surface area contributed by atoms with E-state index in [1.165, 1.54) is 41.9 Å². The molecule has 0 saturated heterocycles. The molecule has 0 bridgehead atoms. The molecule has 1 aromatic rings. The minimum Gasteiger partial charge on any atom is -0.324 e. The maximum absolute atomic E-state index is 5.98. The van der Waals surface area contributed by atoms with Gasteiger partial charge in [0, 0.05) is 16.7 Å². The second-order valence-electron chi connectivity index (χ2n) is 4.79. The third kappa shape index (κ3) is 3.02. The third-order valence-corrected chi connectivity index (χ3v) is 4.68. The summed E-state index contributed by atoms with van der Waals surface area (Å²) < 4.78 is 0. The molecule has 1 atom stereocenters. The van der Waals surface area contributed by atoms with Crippen LogP contribution in [-0.4, -0.2) is 5.75 Å². The largest absolute Gasteiger partial charge is 0.324 e. The van der Waals surface area contributed by atoms with E-state index < -0.39 is 0 Å². The summed E-state index contributed by atoms with van der Waals surface area (Å²) in [6.07, 6.45) is 5.71. The number of hydrogen-bond donors (Lipinski definition) is 1. The van der Waals surface area contributed by atoms with Gasteiger partial charge in [-0.2, -0.15) is 0 Å². The SMILES string of the molecule is C[C@@H](N)c1ccccc1SCC1CCCC1. The van der Waals surface area contributed by atoms with Crippen molar-refractivity contribution in [2.75, 3.05) is 5.75 Å². The molecule has 88 valence electrons. The van der Waals surface area contributed by atoms with Gasteiger partial charge in [-0.3, -0.25) is 0 Å². The topological polar surface area (TPSA) is 26.0 Å². The summed E-state index contributed by atoms with van der Waals surface area (Å²) in [4.78, 5) is 1.38. The molecule has 2 rings (SSSR count). The maximum Gasteiger partial charge on any atom is 0.0277 e. The van der Waals surface area contributed by atoms with Crippen LogP contribution >= 0.6 is 11.8 Å². The zero-order valence-corrected chi connectivity index (χ0v) is 10.8. The Labute approximate surface area is 103 Å². The minimum absolute atomic E-state index is 0.146. The van der Waals surface area contributed by atoms with E-state index >= 15 is 0 Å². The van der Waals surface area contributed by atoms with E-state index in [-0.39, 0.29) is 6.04 Å². The van der Waals surface area contributed by atoms with Crippen LogP contribution in [0.25, 0.3) is 0 Å². The summed E-state index contributed by atoms with van der Waals surface area (Å²) in [5.41, 5.74) is 7.28. The Hall–Kier alpha value is -0.470. The second kappa shape index (κ2) is 5.74. The number of nitrogens with two attached hydrogens (primary N) is 1. The lowest BCUT2D eigenvalue weighted by Gasteiger charge is -2.14. The van der Waals surface area contributed by atoms with Gasteiger partial charge in [0.25, 0.3) is 0 Å². The molecule has 1 aliphatic carbocycles. The first-order valence-corrected chi connectivity index (χ1v) is 7.23. The molecule has 2 N–H and O–H groups in total. The van der Waals surface area contributed by atoms with Crippen molar-refractivity contribution in [3.63, 3.8) is 0 Å². The Morgan fingerprint density at radius 2 is 2.00 bits per heavy atom. The summed E-state index contributed by atoms with van der Waals surface area (Å²) in [5.74, 6) is 2.20. The molecule has 1 saturated carbocycles. The predicted molar refractivity (Wildman–Crippen MR) is 71.7 cm³/mol. The Kier molecular flexibility index (Phi) is 4.30. The lowest BCUT2D eigenvalue weighted by molar-refractivity contribution is 0.623. The van der Waals surface area contributed by atoms with Crippen molar-refractivity contribution >= 4 is 11.8 Å². The van der Waals surface area contributed by atoms with E-state index in [2.05, 4.69) is 31.2 Å². The fraction of sp³-hybridized carbons (Fsp3) is 0.571. The lowest BCUT2D eigenvalue weighted by atomic mass is 10.1. The van der Waals surface area contributed by atoms with Crippen molar-refractivity contribution in [3.05, 3.63) is 29.8 Å². The van der Waals surface area contributed by atoms with E-state index in [4.69, 9.17) is 5.73 Å². The molecule has 0 radical (unpaired) electrons. The van der Waals surface area contributed by atoms with Gasteiger partial charge in [-0.1, -0.05) is 31.0 Å². The van der Waals surface area contributed by atoms with Gasteiger partial charge in [0.1, 0.15) is 0 Å². The van der Waals surface area contributed by atoms with Crippen molar-refractivity contribution in [2.45, 2.75) is 43.5 Å². The van der Waals surface area contributed by atoms with Crippen LogP contribution < -0.4 is 5.73 Å². The van der Waals surface area contributed by atoms with E-state index in [0.717, 1.165) is 5.92 Å². The first kappa shape index (κ1) is 12.0. The van der Waals surface area contributed by atoms with E-state index in [1.54, 1.807) is 0 Å². The smallest absolute Gasteiger partial charge is 0.0277 e. The molecule has 1 aliphatic rings. The average molecular weight is 235 g/mol. The normalized spacial score (nSPS) is 18.9. The number of benzene rings is 1. The second-order valence-corrected chi connectivity index (χ2v) is 5.85. The summed E-state index contributed by atoms with van der Waals surface area (Å²) in [6.45, 7) is 2.06. The molecule has 1 nitrogen and oxygen atoms in total. The van der Waals surface area contributed by atoms with Gasteiger partial charge in [0.05, 0.1) is 0 Å². The van der Waals surface area contributed by atoms with E-state index in [0.29, 0.717) is 0 Å². The Morgan fingerprint density at radius 1 is 1.31 bits per heavy atom. The van der Waals surface area contributed by atoms with Gasteiger partial charge in [-0.25, -0.2) is 0 Å². The highest BCUT2D eigenvalue weighted by atomic mass is 32.2. The molecule has 16 heavy (non-hydrogen) atoms. The standard InChI is InChI=1S/C14H21NS/c1-11(15)13-8-4-5-9-14(13)16-10-12-6-2-3-7-12/h4-5,8-9,11-12H,2-3,6-7,10,15H2,1H3/t11-/m1/s1. The minimum atomic E-state index is 0.146. The molecule has 0 amide bonds. The molecule has 0 aromatic heterocycles. The van der Waals surface area contributed by atoms with Crippen molar-refractivity contribution in [1.82, 2.24) is 0 Å². The Balaban J connectivity index is 1.97. The predicted octanol–water partition coefficient (Wildman–Crippen LogP) is 3.99. The summed E-state index contributed by atoms with van der Waals surface area (Å²) >= 11 is 1.99. The molecular weight excluding hydrogens is 214 g/mol. The number of thioether (sulfide) groups is 1. The summed E-state index contributed by atoms with van der Waals surface area (Å²) in [7, 11) is 0. The highest BCUT2D eigenvalue weighted by Gasteiger charge is 2.16. The zero-order chi connectivity index (χ0) is 11.4. The molecule has 0 heterocycles. The lowest BCUT2D eigenvalue weighted by Crippen LogP contribution is -2.06. The monoisotopic (exact) mass is 235 g/mol. The van der Waals surface area contributed by atoms with Gasteiger partial charge in [0.15, 0.2) is 0 Å². The summed E-state index contributed by atoms with van der Waals surface area (Å²) in [5, 5.41) is 0. The molecule has 2 heteroatoms. The van der Waals surface area contributed by atoms with Crippen molar-refractivity contribution in [1.29, 1.82) is 0 Å². The fourth-order valence-electron chi connectivity index (χ4n) is 2.37. The van der Waals surface area contributed by atoms with Crippen LogP contribution in [0.15, 0.2) is 29.2 Å². The van der Waals surface area contributed by atoms with Crippen LogP contribution in [0.1, 0.15) is 44.2 Å². The Morgan fingerprint density at radius 3 is 2.69 bits per heavy atom. The molecule has 0 spiro atoms. The first-order chi connectivity index (χ1) is 7.77. The van der Waals surface area contributed by atoms with Crippen LogP contribution in [0.2, 0.25) is 0 Å². The van der Waals surface area contributed by atoms with Crippen LogP contribution in [0, 0.1) is 5.92 Å². The quantitative estimate of drug-likeness (QED) is 0.799. The van der Waals surface area contributed by atoms with Gasteiger partial charge >= 0.3 is 0 Å². The molecule has 0 unspecified atom stereocenters. The number of hydrogen-bond acceptors (Lipinski definition) is 2. The first-order valence-electron chi connectivity index (χ1n) is 6.24. The van der Waals surface area contributed by atoms with Crippen molar-refractivity contribution in [3.8, 4) is 0 Å². The molecular formula is C14H21NS. The Bertz CT molecular complexity index is 329. The van der Waals surface area contributed by atoms with Crippen LogP contribution in [-0.2, 0) is 0 Å². The molecule has 1 aromatic carbocycles. The fourth-order valence-corrected chi connectivity index (χ4v) is 3.72. The van der Waals surface area contributed by atoms with E-state index in [9.17, 15) is 0 Å². The number of rotatable bonds is 4. The summed E-state index contributed by atoms with van der Waals surface area (Å²) in [6, 6.07) is 8.70. The van der Waals surface area contributed by atoms with Crippen LogP contribution in [0.4, 0.5) is 0 Å². The van der Waals surface area contributed by atoms with Gasteiger partial charge < -0.3 is 5.73 Å². The van der Waals surface area contributed by atoms with Crippen molar-refractivity contribution < 1.29 is 0 Å². The average Bonchev–Trinajstić information content (AvgIpc) is 2.79. The maximum atomic E-state index is 5.98. The highest BCUT2D eigenvalue weighted by molar-refractivity contribution is 7.99. The van der Waals surface area contributed by atoms with Gasteiger partial charge in [0.2, 0.25) is 0 Å². The van der Waals surface area contributed by atoms with E-state index in [1.807, 2.05) is 11.8 Å². The third-order valence-electron chi connectivity index (χ3n) is 3.36. The van der Waals surface area contributed by atoms with Crippen molar-refractivity contribution in [2.24, 2.45) is 11.7 Å². The van der Waals surface area contributed by atoms with Crippen LogP contribution in [0.3, 0.4) is 0 Å². The van der Waals surface area contributed by atoms with Gasteiger partial charge in [-0.15, -0.1) is 11.8 Å².